The van der Waals surface area contributed by atoms with Crippen LogP contribution in [0.5, 0.6) is 17.2 Å². The highest BCUT2D eigenvalue weighted by Gasteiger charge is 2.17. The molecule has 11 heteroatoms. The zero-order chi connectivity index (χ0) is 24.6. The maximum absolute atomic E-state index is 12.4. The van der Waals surface area contributed by atoms with Crippen LogP contribution in [0.2, 0.25) is 0 Å². The molecule has 2 aromatic carbocycles. The number of nitrogens with zero attached hydrogens (tertiary/aromatic N) is 2. The third-order valence-corrected chi connectivity index (χ3v) is 6.51. The number of aromatic nitrogens is 2. The Bertz CT molecular complexity index is 1210. The van der Waals surface area contributed by atoms with Gasteiger partial charge in [0.05, 0.1) is 31.0 Å². The fourth-order valence-corrected chi connectivity index (χ4v) is 4.39. The molecule has 0 aliphatic carbocycles. The lowest BCUT2D eigenvalue weighted by molar-refractivity contribution is -0.116. The third kappa shape index (κ3) is 6.47. The predicted molar refractivity (Wildman–Crippen MR) is 125 cm³/mol. The molecule has 1 amide bonds. The molecule has 0 saturated heterocycles. The molecular weight excluding hydrogens is 462 g/mol. The molecule has 1 aromatic heterocycles. The van der Waals surface area contributed by atoms with E-state index in [1.54, 1.807) is 30.3 Å². The number of ether oxygens (including phenoxy) is 3. The van der Waals surface area contributed by atoms with Crippen molar-refractivity contribution in [1.29, 1.82) is 0 Å². The van der Waals surface area contributed by atoms with Gasteiger partial charge < -0.3 is 18.6 Å². The minimum atomic E-state index is -3.51. The van der Waals surface area contributed by atoms with Gasteiger partial charge in [-0.15, -0.1) is 5.10 Å². The molecule has 1 heterocycles. The fourth-order valence-electron chi connectivity index (χ4n) is 3.08. The molecule has 0 atom stereocenters. The van der Waals surface area contributed by atoms with E-state index in [0.29, 0.717) is 36.0 Å². The Hall–Kier alpha value is -3.60. The van der Waals surface area contributed by atoms with Crippen molar-refractivity contribution in [2.45, 2.75) is 31.6 Å². The second-order valence-electron chi connectivity index (χ2n) is 7.09. The van der Waals surface area contributed by atoms with Crippen molar-refractivity contribution in [3.05, 3.63) is 42.5 Å². The number of carbonyl (C=O) groups excluding carboxylic acids is 1. The molecule has 10 nitrogen and oxygen atoms in total. The highest BCUT2D eigenvalue weighted by Crippen LogP contribution is 2.32. The maximum atomic E-state index is 12.4. The summed E-state index contributed by atoms with van der Waals surface area (Å²) in [7, 11) is -2.01. The summed E-state index contributed by atoms with van der Waals surface area (Å²) in [5.74, 6) is 1.31. The lowest BCUT2D eigenvalue weighted by Crippen LogP contribution is -2.14. The molecule has 34 heavy (non-hydrogen) atoms. The van der Waals surface area contributed by atoms with Gasteiger partial charge in [0.2, 0.25) is 11.8 Å². The Labute approximate surface area is 198 Å². The van der Waals surface area contributed by atoms with E-state index in [-0.39, 0.29) is 35.4 Å². The fraction of sp³-hybridized carbons (Fsp3) is 0.348. The molecular formula is C23H27N3O7S. The number of sulfone groups is 1. The van der Waals surface area contributed by atoms with Gasteiger partial charge in [-0.2, -0.15) is 0 Å². The first-order valence-electron chi connectivity index (χ1n) is 10.8. The van der Waals surface area contributed by atoms with Gasteiger partial charge in [-0.1, -0.05) is 5.10 Å². The number of rotatable bonds is 12. The second kappa shape index (κ2) is 11.5. The first-order valence-corrected chi connectivity index (χ1v) is 12.4. The normalized spacial score (nSPS) is 11.1. The van der Waals surface area contributed by atoms with Crippen LogP contribution >= 0.6 is 0 Å². The lowest BCUT2D eigenvalue weighted by atomic mass is 10.2. The van der Waals surface area contributed by atoms with Crippen molar-refractivity contribution in [2.24, 2.45) is 0 Å². The van der Waals surface area contributed by atoms with Gasteiger partial charge in [-0.3, -0.25) is 10.1 Å². The summed E-state index contributed by atoms with van der Waals surface area (Å²) in [5, 5.41) is 10.3. The Morgan fingerprint density at radius 2 is 1.71 bits per heavy atom. The Balaban J connectivity index is 1.56. The molecule has 1 N–H and O–H groups in total. The molecule has 3 aromatic rings. The van der Waals surface area contributed by atoms with Crippen molar-refractivity contribution >= 4 is 21.8 Å². The molecule has 0 unspecified atom stereocenters. The van der Waals surface area contributed by atoms with Gasteiger partial charge in [-0.25, -0.2) is 8.42 Å². The topological polar surface area (TPSA) is 130 Å². The van der Waals surface area contributed by atoms with Crippen molar-refractivity contribution in [1.82, 2.24) is 10.2 Å². The van der Waals surface area contributed by atoms with Gasteiger partial charge in [0.15, 0.2) is 21.3 Å². The van der Waals surface area contributed by atoms with Crippen LogP contribution in [0.15, 0.2) is 51.8 Å². The lowest BCUT2D eigenvalue weighted by Gasteiger charge is -2.11. The molecule has 0 fully saturated rings. The molecule has 0 radical (unpaired) electrons. The van der Waals surface area contributed by atoms with E-state index in [1.165, 1.54) is 19.2 Å². The summed E-state index contributed by atoms with van der Waals surface area (Å²) < 4.78 is 46.6. The molecule has 0 bridgehead atoms. The summed E-state index contributed by atoms with van der Waals surface area (Å²) in [5.41, 5.74) is 0.602. The summed E-state index contributed by atoms with van der Waals surface area (Å²) in [6.07, 6.45) is 0.114. The zero-order valence-corrected chi connectivity index (χ0v) is 20.1. The number of amides is 1. The van der Waals surface area contributed by atoms with Crippen molar-refractivity contribution < 1.29 is 31.8 Å². The number of anilines is 1. The van der Waals surface area contributed by atoms with E-state index in [9.17, 15) is 13.2 Å². The Kier molecular flexibility index (Phi) is 8.47. The van der Waals surface area contributed by atoms with E-state index in [4.69, 9.17) is 18.6 Å². The largest absolute Gasteiger partial charge is 0.497 e. The van der Waals surface area contributed by atoms with E-state index in [0.717, 1.165) is 0 Å². The highest BCUT2D eigenvalue weighted by molar-refractivity contribution is 7.91. The van der Waals surface area contributed by atoms with Crippen LogP contribution in [0, 0.1) is 0 Å². The van der Waals surface area contributed by atoms with Crippen molar-refractivity contribution in [2.75, 3.05) is 31.4 Å². The molecule has 182 valence electrons. The van der Waals surface area contributed by atoms with Crippen LogP contribution < -0.4 is 19.5 Å². The Morgan fingerprint density at radius 1 is 1.00 bits per heavy atom. The van der Waals surface area contributed by atoms with E-state index in [1.807, 2.05) is 13.8 Å². The van der Waals surface area contributed by atoms with Gasteiger partial charge in [-0.05, 0) is 62.7 Å². The molecule has 0 spiro atoms. The average Bonchev–Trinajstić information content (AvgIpc) is 3.28. The minimum absolute atomic E-state index is 0.0232. The predicted octanol–water partition coefficient (Wildman–Crippen LogP) is 3.74. The number of nitrogens with one attached hydrogen (secondary N) is 1. The number of hydrogen-bond acceptors (Lipinski definition) is 9. The highest BCUT2D eigenvalue weighted by atomic mass is 32.2. The van der Waals surface area contributed by atoms with E-state index in [2.05, 4.69) is 15.5 Å². The summed E-state index contributed by atoms with van der Waals surface area (Å²) in [6, 6.07) is 11.2. The summed E-state index contributed by atoms with van der Waals surface area (Å²) in [4.78, 5) is 12.4. The Morgan fingerprint density at radius 3 is 2.38 bits per heavy atom. The molecule has 0 aliphatic rings. The monoisotopic (exact) mass is 489 g/mol. The molecule has 3 rings (SSSR count). The van der Waals surface area contributed by atoms with Crippen LogP contribution in [-0.4, -0.2) is 50.6 Å². The number of benzene rings is 2. The first-order chi connectivity index (χ1) is 16.4. The van der Waals surface area contributed by atoms with Crippen LogP contribution in [0.3, 0.4) is 0 Å². The molecule has 0 saturated carbocycles. The minimum Gasteiger partial charge on any atom is -0.497 e. The van der Waals surface area contributed by atoms with Crippen LogP contribution in [-0.2, 0) is 14.6 Å². The van der Waals surface area contributed by atoms with E-state index < -0.39 is 15.7 Å². The number of methoxy groups -OCH3 is 1. The summed E-state index contributed by atoms with van der Waals surface area (Å²) >= 11 is 0. The van der Waals surface area contributed by atoms with Gasteiger partial charge in [0.1, 0.15) is 5.75 Å². The van der Waals surface area contributed by atoms with Gasteiger partial charge >= 0.3 is 6.01 Å². The van der Waals surface area contributed by atoms with E-state index >= 15 is 0 Å². The quantitative estimate of drug-likeness (QED) is 0.404. The average molecular weight is 490 g/mol. The van der Waals surface area contributed by atoms with Crippen LogP contribution in [0.25, 0.3) is 11.5 Å². The van der Waals surface area contributed by atoms with Crippen molar-refractivity contribution in [3.63, 3.8) is 0 Å². The van der Waals surface area contributed by atoms with Gasteiger partial charge in [0.25, 0.3) is 0 Å². The molecule has 0 aliphatic heterocycles. The van der Waals surface area contributed by atoms with Crippen LogP contribution in [0.1, 0.15) is 26.7 Å². The SMILES string of the molecule is CCOc1ccc(-c2nnc(NC(=O)CCCS(=O)(=O)c3ccc(OC)cc3)o2)cc1OCC. The maximum Gasteiger partial charge on any atom is 0.322 e. The first kappa shape index (κ1) is 25.0. The van der Waals surface area contributed by atoms with Crippen molar-refractivity contribution in [3.8, 4) is 28.7 Å². The summed E-state index contributed by atoms with van der Waals surface area (Å²) in [6.45, 7) is 4.70. The second-order valence-corrected chi connectivity index (χ2v) is 9.20. The smallest absolute Gasteiger partial charge is 0.322 e. The third-order valence-electron chi connectivity index (χ3n) is 4.70. The zero-order valence-electron chi connectivity index (χ0n) is 19.2. The standard InChI is InChI=1S/C23H27N3O7S/c1-4-31-19-13-8-16(15-20(19)32-5-2)22-25-26-23(33-22)24-21(27)7-6-14-34(28,29)18-11-9-17(30-3)10-12-18/h8-13,15H,4-7,14H2,1-3H3,(H,24,26,27). The van der Waals surface area contributed by atoms with Crippen LogP contribution in [0.4, 0.5) is 6.01 Å². The number of carbonyl (C=O) groups is 1. The number of hydrogen-bond donors (Lipinski definition) is 1. The van der Waals surface area contributed by atoms with Gasteiger partial charge in [0, 0.05) is 12.0 Å².